The number of thiazole rings is 1. The SMILES string of the molecule is CCn1cc(NC(=O)Cc2csc(-c3ccccc3Cl)n2)ccc1=O. The molecular weight excluding hydrogens is 358 g/mol. The summed E-state index contributed by atoms with van der Waals surface area (Å²) in [5.74, 6) is -0.183. The quantitative estimate of drug-likeness (QED) is 0.739. The average molecular weight is 374 g/mol. The Morgan fingerprint density at radius 1 is 1.28 bits per heavy atom. The van der Waals surface area contributed by atoms with Crippen molar-refractivity contribution in [3.05, 3.63) is 69.0 Å². The van der Waals surface area contributed by atoms with Crippen molar-refractivity contribution in [3.8, 4) is 10.6 Å². The number of benzene rings is 1. The Morgan fingerprint density at radius 2 is 2.08 bits per heavy atom. The first kappa shape index (κ1) is 17.4. The highest BCUT2D eigenvalue weighted by Gasteiger charge is 2.11. The molecule has 0 saturated carbocycles. The molecule has 128 valence electrons. The van der Waals surface area contributed by atoms with E-state index in [1.165, 1.54) is 22.0 Å². The minimum Gasteiger partial charge on any atom is -0.324 e. The number of nitrogens with zero attached hydrogens (tertiary/aromatic N) is 2. The number of hydrogen-bond donors (Lipinski definition) is 1. The van der Waals surface area contributed by atoms with E-state index in [-0.39, 0.29) is 17.9 Å². The van der Waals surface area contributed by atoms with Gasteiger partial charge in [0.2, 0.25) is 5.91 Å². The first-order valence-electron chi connectivity index (χ1n) is 7.76. The van der Waals surface area contributed by atoms with E-state index in [1.54, 1.807) is 12.3 Å². The van der Waals surface area contributed by atoms with Gasteiger partial charge in [-0.05, 0) is 19.1 Å². The molecule has 2 heterocycles. The molecule has 1 N–H and O–H groups in total. The molecule has 3 rings (SSSR count). The van der Waals surface area contributed by atoms with Crippen molar-refractivity contribution >= 4 is 34.5 Å². The summed E-state index contributed by atoms with van der Waals surface area (Å²) in [7, 11) is 0. The highest BCUT2D eigenvalue weighted by molar-refractivity contribution is 7.13. The van der Waals surface area contributed by atoms with Crippen LogP contribution in [-0.2, 0) is 17.8 Å². The monoisotopic (exact) mass is 373 g/mol. The molecule has 1 aromatic carbocycles. The van der Waals surface area contributed by atoms with Crippen LogP contribution in [0.5, 0.6) is 0 Å². The van der Waals surface area contributed by atoms with Crippen LogP contribution in [0.25, 0.3) is 10.6 Å². The van der Waals surface area contributed by atoms with Crippen molar-refractivity contribution in [2.75, 3.05) is 5.32 Å². The summed E-state index contributed by atoms with van der Waals surface area (Å²) in [4.78, 5) is 28.3. The largest absolute Gasteiger partial charge is 0.324 e. The van der Waals surface area contributed by atoms with Gasteiger partial charge >= 0.3 is 0 Å². The standard InChI is InChI=1S/C18H16ClN3O2S/c1-2-22-10-12(7-8-17(22)24)20-16(23)9-13-11-25-18(21-13)14-5-3-4-6-15(14)19/h3-8,10-11H,2,9H2,1H3,(H,20,23). The molecule has 5 nitrogen and oxygen atoms in total. The average Bonchev–Trinajstić information content (AvgIpc) is 3.05. The Morgan fingerprint density at radius 3 is 2.84 bits per heavy atom. The number of carbonyl (C=O) groups is 1. The predicted molar refractivity (Wildman–Crippen MR) is 101 cm³/mol. The second kappa shape index (κ2) is 7.63. The number of aromatic nitrogens is 2. The number of rotatable bonds is 5. The van der Waals surface area contributed by atoms with E-state index >= 15 is 0 Å². The van der Waals surface area contributed by atoms with E-state index < -0.39 is 0 Å². The number of hydrogen-bond acceptors (Lipinski definition) is 4. The van der Waals surface area contributed by atoms with Gasteiger partial charge in [-0.15, -0.1) is 11.3 Å². The summed E-state index contributed by atoms with van der Waals surface area (Å²) in [6.07, 6.45) is 1.79. The number of anilines is 1. The minimum atomic E-state index is -0.183. The van der Waals surface area contributed by atoms with E-state index in [4.69, 9.17) is 11.6 Å². The molecular formula is C18H16ClN3O2S. The third-order valence-electron chi connectivity index (χ3n) is 3.61. The molecule has 0 aliphatic rings. The Kier molecular flexibility index (Phi) is 5.31. The number of pyridine rings is 1. The summed E-state index contributed by atoms with van der Waals surface area (Å²) in [5, 5.41) is 6.06. The fraction of sp³-hybridized carbons (Fsp3) is 0.167. The van der Waals surface area contributed by atoms with E-state index in [2.05, 4.69) is 10.3 Å². The van der Waals surface area contributed by atoms with Crippen LogP contribution < -0.4 is 10.9 Å². The van der Waals surface area contributed by atoms with Crippen LogP contribution in [0.15, 0.2) is 52.8 Å². The zero-order chi connectivity index (χ0) is 17.8. The van der Waals surface area contributed by atoms with Gasteiger partial charge in [-0.2, -0.15) is 0 Å². The van der Waals surface area contributed by atoms with Crippen LogP contribution in [0.4, 0.5) is 5.69 Å². The van der Waals surface area contributed by atoms with Gasteiger partial charge in [0, 0.05) is 29.8 Å². The second-order valence-electron chi connectivity index (χ2n) is 5.39. The van der Waals surface area contributed by atoms with Gasteiger partial charge < -0.3 is 9.88 Å². The van der Waals surface area contributed by atoms with Crippen molar-refractivity contribution in [2.45, 2.75) is 19.9 Å². The number of halogens is 1. The molecule has 0 spiro atoms. The predicted octanol–water partition coefficient (Wildman–Crippen LogP) is 3.83. The zero-order valence-electron chi connectivity index (χ0n) is 13.5. The van der Waals surface area contributed by atoms with Crippen molar-refractivity contribution in [2.24, 2.45) is 0 Å². The Labute approximate surface area is 153 Å². The van der Waals surface area contributed by atoms with Gasteiger partial charge in [-0.1, -0.05) is 29.8 Å². The van der Waals surface area contributed by atoms with Crippen molar-refractivity contribution in [1.82, 2.24) is 9.55 Å². The lowest BCUT2D eigenvalue weighted by Crippen LogP contribution is -2.20. The summed E-state index contributed by atoms with van der Waals surface area (Å²) in [5.41, 5.74) is 2.04. The van der Waals surface area contributed by atoms with Crippen LogP contribution in [0.2, 0.25) is 5.02 Å². The maximum atomic E-state index is 12.2. The smallest absolute Gasteiger partial charge is 0.250 e. The highest BCUT2D eigenvalue weighted by atomic mass is 35.5. The number of carbonyl (C=O) groups excluding carboxylic acids is 1. The van der Waals surface area contributed by atoms with Gasteiger partial charge in [0.1, 0.15) is 5.01 Å². The molecule has 2 aromatic heterocycles. The normalized spacial score (nSPS) is 10.6. The summed E-state index contributed by atoms with van der Waals surface area (Å²) in [6, 6.07) is 10.5. The molecule has 7 heteroatoms. The Balaban J connectivity index is 1.70. The van der Waals surface area contributed by atoms with Gasteiger partial charge in [0.15, 0.2) is 0 Å². The molecule has 0 fully saturated rings. The molecule has 0 bridgehead atoms. The summed E-state index contributed by atoms with van der Waals surface area (Å²) < 4.78 is 1.54. The Hall–Kier alpha value is -2.44. The fourth-order valence-electron chi connectivity index (χ4n) is 2.37. The zero-order valence-corrected chi connectivity index (χ0v) is 15.1. The van der Waals surface area contributed by atoms with Crippen LogP contribution >= 0.6 is 22.9 Å². The first-order valence-corrected chi connectivity index (χ1v) is 9.02. The third kappa shape index (κ3) is 4.15. The topological polar surface area (TPSA) is 64.0 Å². The van der Waals surface area contributed by atoms with Gasteiger partial charge in [-0.25, -0.2) is 4.98 Å². The van der Waals surface area contributed by atoms with Crippen molar-refractivity contribution in [3.63, 3.8) is 0 Å². The minimum absolute atomic E-state index is 0.0932. The lowest BCUT2D eigenvalue weighted by Gasteiger charge is -2.07. The maximum absolute atomic E-state index is 12.2. The van der Waals surface area contributed by atoms with Crippen LogP contribution in [0.3, 0.4) is 0 Å². The van der Waals surface area contributed by atoms with Gasteiger partial charge in [-0.3, -0.25) is 9.59 Å². The molecule has 0 atom stereocenters. The van der Waals surface area contributed by atoms with Crippen molar-refractivity contribution in [1.29, 1.82) is 0 Å². The second-order valence-corrected chi connectivity index (χ2v) is 6.66. The highest BCUT2D eigenvalue weighted by Crippen LogP contribution is 2.30. The maximum Gasteiger partial charge on any atom is 0.250 e. The van der Waals surface area contributed by atoms with E-state index in [1.807, 2.05) is 36.6 Å². The van der Waals surface area contributed by atoms with Gasteiger partial charge in [0.05, 0.1) is 22.8 Å². The van der Waals surface area contributed by atoms with E-state index in [0.29, 0.717) is 22.9 Å². The molecule has 25 heavy (non-hydrogen) atoms. The van der Waals surface area contributed by atoms with E-state index in [0.717, 1.165) is 10.6 Å². The molecule has 1 amide bonds. The van der Waals surface area contributed by atoms with Crippen LogP contribution in [0, 0.1) is 0 Å². The molecule has 3 aromatic rings. The molecule has 0 unspecified atom stereocenters. The Bertz CT molecular complexity index is 965. The fourth-order valence-corrected chi connectivity index (χ4v) is 3.51. The number of amides is 1. The molecule has 0 saturated heterocycles. The molecule has 0 radical (unpaired) electrons. The summed E-state index contributed by atoms with van der Waals surface area (Å²) >= 11 is 7.63. The lowest BCUT2D eigenvalue weighted by atomic mass is 10.2. The first-order chi connectivity index (χ1) is 12.1. The molecule has 0 aliphatic carbocycles. The van der Waals surface area contributed by atoms with Crippen LogP contribution in [-0.4, -0.2) is 15.5 Å². The summed E-state index contributed by atoms with van der Waals surface area (Å²) in [6.45, 7) is 2.42. The van der Waals surface area contributed by atoms with E-state index in [9.17, 15) is 9.59 Å². The molecule has 0 aliphatic heterocycles. The van der Waals surface area contributed by atoms with Gasteiger partial charge in [0.25, 0.3) is 5.56 Å². The number of aryl methyl sites for hydroxylation is 1. The van der Waals surface area contributed by atoms with Crippen LogP contribution in [0.1, 0.15) is 12.6 Å². The third-order valence-corrected chi connectivity index (χ3v) is 4.86. The lowest BCUT2D eigenvalue weighted by molar-refractivity contribution is -0.115. The van der Waals surface area contributed by atoms with Crippen molar-refractivity contribution < 1.29 is 4.79 Å². The number of nitrogens with one attached hydrogen (secondary N) is 1.